The van der Waals surface area contributed by atoms with E-state index in [4.69, 9.17) is 23.8 Å². The van der Waals surface area contributed by atoms with Crippen LogP contribution in [-0.2, 0) is 9.57 Å². The monoisotopic (exact) mass is 388 g/mol. The number of ether oxygens (including phenoxy) is 4. The lowest BCUT2D eigenvalue weighted by molar-refractivity contribution is 0.0593. The largest absolute Gasteiger partial charge is 0.493 e. The van der Waals surface area contributed by atoms with Crippen molar-refractivity contribution < 1.29 is 28.6 Å². The molecule has 1 aliphatic rings. The van der Waals surface area contributed by atoms with Gasteiger partial charge in [0.2, 0.25) is 5.75 Å². The highest BCUT2D eigenvalue weighted by atomic mass is 16.6. The molecule has 0 radical (unpaired) electrons. The molecule has 0 atom stereocenters. The van der Waals surface area contributed by atoms with Gasteiger partial charge in [0.05, 0.1) is 40.3 Å². The van der Waals surface area contributed by atoms with Crippen LogP contribution in [0.4, 0.5) is 0 Å². The number of nitrogens with zero attached hydrogens (tertiary/aromatic N) is 1. The Morgan fingerprint density at radius 2 is 1.79 bits per heavy atom. The number of aromatic nitrogens is 1. The zero-order valence-corrected chi connectivity index (χ0v) is 16.6. The highest BCUT2D eigenvalue weighted by Gasteiger charge is 2.36. The minimum absolute atomic E-state index is 0.253. The minimum Gasteiger partial charge on any atom is -0.493 e. The lowest BCUT2D eigenvalue weighted by Gasteiger charge is -2.17. The number of methoxy groups -OCH3 is 4. The van der Waals surface area contributed by atoms with Gasteiger partial charge in [-0.15, -0.1) is 0 Å². The van der Waals surface area contributed by atoms with Crippen LogP contribution in [0.2, 0.25) is 0 Å². The number of hydrogen-bond donors (Lipinski definition) is 1. The van der Waals surface area contributed by atoms with E-state index in [1.54, 1.807) is 27.4 Å². The Morgan fingerprint density at radius 3 is 2.32 bits per heavy atom. The summed E-state index contributed by atoms with van der Waals surface area (Å²) < 4.78 is 21.5. The number of aromatic amines is 1. The normalized spacial score (nSPS) is 13.5. The maximum atomic E-state index is 12.4. The molecule has 1 aromatic carbocycles. The molecule has 1 aromatic heterocycles. The standard InChI is InChI=1S/C20H24N2O6/c1-24-14-9-8-12(18(25-2)19(14)26-3)16-13(10-21-28-5)22-17(20(23)27-4)15(16)11-6-7-11/h8-11,22H,6-7H2,1-5H3/b21-10+. The zero-order chi connectivity index (χ0) is 20.3. The second-order valence-corrected chi connectivity index (χ2v) is 6.27. The van der Waals surface area contributed by atoms with Crippen molar-refractivity contribution in [1.29, 1.82) is 0 Å². The van der Waals surface area contributed by atoms with E-state index < -0.39 is 5.97 Å². The molecule has 150 valence electrons. The van der Waals surface area contributed by atoms with Gasteiger partial charge in [-0.2, -0.15) is 0 Å². The van der Waals surface area contributed by atoms with Crippen LogP contribution in [0.3, 0.4) is 0 Å². The molecule has 1 fully saturated rings. The Morgan fingerprint density at radius 1 is 1.07 bits per heavy atom. The van der Waals surface area contributed by atoms with Crippen LogP contribution in [0.1, 0.15) is 40.5 Å². The van der Waals surface area contributed by atoms with E-state index in [-0.39, 0.29) is 5.92 Å². The third-order valence-corrected chi connectivity index (χ3v) is 4.70. The molecule has 1 aliphatic carbocycles. The number of hydrogen-bond acceptors (Lipinski definition) is 7. The molecule has 0 aliphatic heterocycles. The molecule has 8 heteroatoms. The third-order valence-electron chi connectivity index (χ3n) is 4.70. The van der Waals surface area contributed by atoms with E-state index in [1.807, 2.05) is 6.07 Å². The van der Waals surface area contributed by atoms with Crippen molar-refractivity contribution in [3.05, 3.63) is 29.1 Å². The van der Waals surface area contributed by atoms with Gasteiger partial charge < -0.3 is 28.8 Å². The lowest BCUT2D eigenvalue weighted by Crippen LogP contribution is -2.05. The molecule has 1 N–H and O–H groups in total. The second-order valence-electron chi connectivity index (χ2n) is 6.27. The SMILES string of the molecule is CO/N=C/c1[nH]c(C(=O)OC)c(C2CC2)c1-c1ccc(OC)c(OC)c1OC. The molecule has 0 bridgehead atoms. The van der Waals surface area contributed by atoms with Gasteiger partial charge in [0.25, 0.3) is 0 Å². The number of carbonyl (C=O) groups is 1. The number of benzene rings is 1. The summed E-state index contributed by atoms with van der Waals surface area (Å²) in [6, 6.07) is 3.68. The fourth-order valence-corrected chi connectivity index (χ4v) is 3.37. The number of rotatable bonds is 8. The van der Waals surface area contributed by atoms with Gasteiger partial charge in [0.1, 0.15) is 12.8 Å². The van der Waals surface area contributed by atoms with Gasteiger partial charge in [-0.05, 0) is 36.5 Å². The first kappa shape index (κ1) is 19.6. The summed E-state index contributed by atoms with van der Waals surface area (Å²) in [5, 5.41) is 3.87. The number of nitrogens with one attached hydrogen (secondary N) is 1. The topological polar surface area (TPSA) is 91.4 Å². The smallest absolute Gasteiger partial charge is 0.354 e. The van der Waals surface area contributed by atoms with E-state index in [2.05, 4.69) is 10.1 Å². The molecule has 0 unspecified atom stereocenters. The van der Waals surface area contributed by atoms with Crippen molar-refractivity contribution in [3.8, 4) is 28.4 Å². The van der Waals surface area contributed by atoms with Crippen LogP contribution in [0.5, 0.6) is 17.2 Å². The first-order valence-electron chi connectivity index (χ1n) is 8.81. The summed E-state index contributed by atoms with van der Waals surface area (Å²) in [4.78, 5) is 20.4. The Kier molecular flexibility index (Phi) is 5.77. The highest BCUT2D eigenvalue weighted by molar-refractivity contribution is 6.00. The second kappa shape index (κ2) is 8.24. The zero-order valence-electron chi connectivity index (χ0n) is 16.6. The molecular weight excluding hydrogens is 364 g/mol. The molecule has 0 amide bonds. The Balaban J connectivity index is 2.33. The third kappa shape index (κ3) is 3.37. The maximum Gasteiger partial charge on any atom is 0.354 e. The van der Waals surface area contributed by atoms with Gasteiger partial charge in [0.15, 0.2) is 11.5 Å². The molecule has 3 rings (SSSR count). The predicted molar refractivity (Wildman–Crippen MR) is 104 cm³/mol. The van der Waals surface area contributed by atoms with Crippen molar-refractivity contribution >= 4 is 12.2 Å². The molecule has 8 nitrogen and oxygen atoms in total. The van der Waals surface area contributed by atoms with Gasteiger partial charge in [-0.3, -0.25) is 0 Å². The van der Waals surface area contributed by atoms with Crippen molar-refractivity contribution in [1.82, 2.24) is 4.98 Å². The average molecular weight is 388 g/mol. The molecule has 0 spiro atoms. The first-order valence-corrected chi connectivity index (χ1v) is 8.81. The van der Waals surface area contributed by atoms with E-state index in [0.717, 1.165) is 29.5 Å². The van der Waals surface area contributed by atoms with Gasteiger partial charge in [0, 0.05) is 11.1 Å². The Labute approximate surface area is 163 Å². The highest BCUT2D eigenvalue weighted by Crippen LogP contribution is 2.52. The Bertz CT molecular complexity index is 899. The van der Waals surface area contributed by atoms with Crippen molar-refractivity contribution in [3.63, 3.8) is 0 Å². The van der Waals surface area contributed by atoms with Crippen LogP contribution >= 0.6 is 0 Å². The number of oxime groups is 1. The van der Waals surface area contributed by atoms with Crippen LogP contribution in [0.15, 0.2) is 17.3 Å². The number of carbonyl (C=O) groups excluding carboxylic acids is 1. The summed E-state index contributed by atoms with van der Waals surface area (Å²) in [5.74, 6) is 1.35. The molecular formula is C20H24N2O6. The van der Waals surface area contributed by atoms with E-state index in [1.165, 1.54) is 20.4 Å². The lowest BCUT2D eigenvalue weighted by atomic mass is 9.95. The fraction of sp³-hybridized carbons (Fsp3) is 0.400. The van der Waals surface area contributed by atoms with Crippen LogP contribution in [0.25, 0.3) is 11.1 Å². The molecule has 1 saturated carbocycles. The summed E-state index contributed by atoms with van der Waals surface area (Å²) in [6.07, 6.45) is 3.51. The fourth-order valence-electron chi connectivity index (χ4n) is 3.37. The van der Waals surface area contributed by atoms with Crippen LogP contribution in [0, 0.1) is 0 Å². The molecule has 1 heterocycles. The van der Waals surface area contributed by atoms with E-state index in [0.29, 0.717) is 28.6 Å². The summed E-state index contributed by atoms with van der Waals surface area (Å²) in [6.45, 7) is 0. The quantitative estimate of drug-likeness (QED) is 0.424. The number of esters is 1. The van der Waals surface area contributed by atoms with Gasteiger partial charge in [-0.1, -0.05) is 5.16 Å². The van der Waals surface area contributed by atoms with E-state index >= 15 is 0 Å². The van der Waals surface area contributed by atoms with Gasteiger partial charge in [-0.25, -0.2) is 4.79 Å². The predicted octanol–water partition coefficient (Wildman–Crippen LogP) is 3.35. The summed E-state index contributed by atoms with van der Waals surface area (Å²) in [5.41, 5.74) is 3.48. The van der Waals surface area contributed by atoms with Gasteiger partial charge >= 0.3 is 5.97 Å². The average Bonchev–Trinajstić information content (AvgIpc) is 3.50. The first-order chi connectivity index (χ1) is 13.6. The number of H-pyrrole nitrogens is 1. The van der Waals surface area contributed by atoms with Crippen LogP contribution < -0.4 is 14.2 Å². The van der Waals surface area contributed by atoms with Crippen molar-refractivity contribution in [2.75, 3.05) is 35.5 Å². The molecule has 28 heavy (non-hydrogen) atoms. The van der Waals surface area contributed by atoms with Crippen molar-refractivity contribution in [2.45, 2.75) is 18.8 Å². The van der Waals surface area contributed by atoms with E-state index in [9.17, 15) is 4.79 Å². The van der Waals surface area contributed by atoms with Crippen LogP contribution in [-0.4, -0.2) is 52.7 Å². The Hall–Kier alpha value is -3.16. The molecule has 0 saturated heterocycles. The summed E-state index contributed by atoms with van der Waals surface area (Å²) >= 11 is 0. The molecule has 2 aromatic rings. The summed E-state index contributed by atoms with van der Waals surface area (Å²) in [7, 11) is 7.50. The maximum absolute atomic E-state index is 12.4. The minimum atomic E-state index is -0.431. The van der Waals surface area contributed by atoms with Crippen molar-refractivity contribution in [2.24, 2.45) is 5.16 Å².